The summed E-state index contributed by atoms with van der Waals surface area (Å²) in [5.74, 6) is 0.100. The van der Waals surface area contributed by atoms with Gasteiger partial charge in [-0.3, -0.25) is 4.79 Å². The van der Waals surface area contributed by atoms with Crippen LogP contribution < -0.4 is 9.50 Å². The zero-order valence-corrected chi connectivity index (χ0v) is 16.0. The Balaban J connectivity index is 1.70. The van der Waals surface area contributed by atoms with Crippen molar-refractivity contribution in [2.45, 2.75) is 23.5 Å². The van der Waals surface area contributed by atoms with Crippen molar-refractivity contribution in [2.24, 2.45) is 10.2 Å². The minimum absolute atomic E-state index is 0.0713. The third-order valence-electron chi connectivity index (χ3n) is 3.60. The standard InChI is InChI=1S/C18H17N3O4S2/c1-2-16-17(22)20-18(26-16)21-19-12-13-7-6-8-14(11-13)25-27(23,24)15-9-4-3-5-10-15/h3-12,16H,2H2,1H3,(H,20,21,22). The van der Waals surface area contributed by atoms with Gasteiger partial charge in [0.2, 0.25) is 5.91 Å². The van der Waals surface area contributed by atoms with E-state index in [0.29, 0.717) is 17.2 Å². The fraction of sp³-hybridized carbons (Fsp3) is 0.167. The second kappa shape index (κ2) is 8.36. The van der Waals surface area contributed by atoms with Gasteiger partial charge in [-0.25, -0.2) is 0 Å². The molecule has 0 saturated carbocycles. The van der Waals surface area contributed by atoms with Crippen molar-refractivity contribution in [3.8, 4) is 5.75 Å². The van der Waals surface area contributed by atoms with Crippen molar-refractivity contribution in [3.05, 3.63) is 60.2 Å². The Morgan fingerprint density at radius 3 is 2.67 bits per heavy atom. The fourth-order valence-electron chi connectivity index (χ4n) is 2.28. The number of amides is 1. The predicted octanol–water partition coefficient (Wildman–Crippen LogP) is 2.79. The molecule has 140 valence electrons. The minimum atomic E-state index is -3.90. The summed E-state index contributed by atoms with van der Waals surface area (Å²) < 4.78 is 29.7. The van der Waals surface area contributed by atoms with Crippen LogP contribution in [0.5, 0.6) is 5.75 Å². The highest BCUT2D eigenvalue weighted by Gasteiger charge is 2.28. The average molecular weight is 403 g/mol. The van der Waals surface area contributed by atoms with E-state index < -0.39 is 10.1 Å². The van der Waals surface area contributed by atoms with E-state index in [4.69, 9.17) is 4.18 Å². The lowest BCUT2D eigenvalue weighted by molar-refractivity contribution is -0.118. The molecule has 1 heterocycles. The van der Waals surface area contributed by atoms with Crippen LogP contribution in [0.3, 0.4) is 0 Å². The van der Waals surface area contributed by atoms with Crippen LogP contribution in [0.25, 0.3) is 0 Å². The Morgan fingerprint density at radius 1 is 1.19 bits per heavy atom. The van der Waals surface area contributed by atoms with E-state index in [0.717, 1.165) is 0 Å². The number of hydrogen-bond acceptors (Lipinski definition) is 7. The molecular weight excluding hydrogens is 386 g/mol. The molecule has 0 bridgehead atoms. The van der Waals surface area contributed by atoms with E-state index >= 15 is 0 Å². The van der Waals surface area contributed by atoms with E-state index in [1.807, 2.05) is 6.92 Å². The summed E-state index contributed by atoms with van der Waals surface area (Å²) >= 11 is 1.33. The molecule has 1 unspecified atom stereocenters. The van der Waals surface area contributed by atoms with Crippen molar-refractivity contribution < 1.29 is 17.4 Å². The number of thioether (sulfide) groups is 1. The third-order valence-corrected chi connectivity index (χ3v) is 6.10. The molecule has 0 spiro atoms. The molecule has 0 aromatic heterocycles. The number of amidine groups is 1. The Hall–Kier alpha value is -2.65. The molecule has 1 N–H and O–H groups in total. The Kier molecular flexibility index (Phi) is 5.92. The van der Waals surface area contributed by atoms with Gasteiger partial charge in [-0.05, 0) is 36.2 Å². The monoisotopic (exact) mass is 403 g/mol. The van der Waals surface area contributed by atoms with Crippen molar-refractivity contribution >= 4 is 39.2 Å². The summed E-state index contributed by atoms with van der Waals surface area (Å²) in [5, 5.41) is 10.9. The molecule has 1 fully saturated rings. The maximum Gasteiger partial charge on any atom is 0.339 e. The quantitative estimate of drug-likeness (QED) is 0.454. The van der Waals surface area contributed by atoms with E-state index in [1.54, 1.807) is 42.5 Å². The minimum Gasteiger partial charge on any atom is -0.379 e. The SMILES string of the molecule is CCC1S/C(=N/N=Cc2cccc(OS(=O)(=O)c3ccccc3)c2)NC1=O. The average Bonchev–Trinajstić information content (AvgIpc) is 3.02. The zero-order chi connectivity index (χ0) is 19.3. The van der Waals surface area contributed by atoms with Gasteiger partial charge < -0.3 is 9.50 Å². The summed E-state index contributed by atoms with van der Waals surface area (Å²) in [6, 6.07) is 14.4. The molecule has 9 heteroatoms. The van der Waals surface area contributed by atoms with Crippen molar-refractivity contribution in [2.75, 3.05) is 0 Å². The van der Waals surface area contributed by atoms with Crippen molar-refractivity contribution in [1.82, 2.24) is 5.32 Å². The summed E-state index contributed by atoms with van der Waals surface area (Å²) in [4.78, 5) is 11.7. The Labute approximate surface area is 161 Å². The van der Waals surface area contributed by atoms with E-state index in [1.165, 1.54) is 30.1 Å². The smallest absolute Gasteiger partial charge is 0.339 e. The van der Waals surface area contributed by atoms with Crippen LogP contribution in [-0.4, -0.2) is 31.0 Å². The lowest BCUT2D eigenvalue weighted by Gasteiger charge is -2.07. The van der Waals surface area contributed by atoms with Gasteiger partial charge in [-0.2, -0.15) is 13.5 Å². The summed E-state index contributed by atoms with van der Waals surface area (Å²) in [6.45, 7) is 1.93. The highest BCUT2D eigenvalue weighted by Crippen LogP contribution is 2.22. The van der Waals surface area contributed by atoms with Crippen LogP contribution in [0.15, 0.2) is 69.7 Å². The second-order valence-corrected chi connectivity index (χ2v) is 8.31. The Morgan fingerprint density at radius 2 is 1.96 bits per heavy atom. The van der Waals surface area contributed by atoms with Crippen LogP contribution in [0.4, 0.5) is 0 Å². The van der Waals surface area contributed by atoms with Gasteiger partial charge in [0.25, 0.3) is 0 Å². The summed E-state index contributed by atoms with van der Waals surface area (Å²) in [5.41, 5.74) is 0.612. The molecule has 0 aliphatic carbocycles. The molecule has 2 aromatic rings. The van der Waals surface area contributed by atoms with Gasteiger partial charge >= 0.3 is 10.1 Å². The normalized spacial score (nSPS) is 18.8. The van der Waals surface area contributed by atoms with Gasteiger partial charge in [-0.1, -0.05) is 49.0 Å². The molecule has 1 saturated heterocycles. The number of nitrogens with one attached hydrogen (secondary N) is 1. The Bertz CT molecular complexity index is 989. The third kappa shape index (κ3) is 4.95. The summed E-state index contributed by atoms with van der Waals surface area (Å²) in [6.07, 6.45) is 2.18. The first kappa shape index (κ1) is 19.1. The molecule has 2 aromatic carbocycles. The molecule has 1 aliphatic heterocycles. The molecule has 7 nitrogen and oxygen atoms in total. The predicted molar refractivity (Wildman–Crippen MR) is 106 cm³/mol. The highest BCUT2D eigenvalue weighted by atomic mass is 32.2. The molecule has 1 atom stereocenters. The lowest BCUT2D eigenvalue weighted by Crippen LogP contribution is -2.24. The highest BCUT2D eigenvalue weighted by molar-refractivity contribution is 8.15. The number of rotatable bonds is 6. The number of benzene rings is 2. The van der Waals surface area contributed by atoms with Gasteiger partial charge in [0.05, 0.1) is 11.5 Å². The van der Waals surface area contributed by atoms with Crippen molar-refractivity contribution in [1.29, 1.82) is 0 Å². The fourth-order valence-corrected chi connectivity index (χ4v) is 4.08. The van der Waals surface area contributed by atoms with E-state index in [2.05, 4.69) is 15.5 Å². The van der Waals surface area contributed by atoms with Crippen molar-refractivity contribution in [3.63, 3.8) is 0 Å². The topological polar surface area (TPSA) is 97.2 Å². The molecule has 3 rings (SSSR count). The number of hydrogen-bond donors (Lipinski definition) is 1. The zero-order valence-electron chi connectivity index (χ0n) is 14.4. The van der Waals surface area contributed by atoms with Gasteiger partial charge in [-0.15, -0.1) is 5.10 Å². The van der Waals surface area contributed by atoms with E-state index in [-0.39, 0.29) is 21.8 Å². The molecule has 1 aliphatic rings. The van der Waals surface area contributed by atoms with Gasteiger partial charge in [0.1, 0.15) is 10.6 Å². The van der Waals surface area contributed by atoms with Crippen LogP contribution in [0.2, 0.25) is 0 Å². The second-order valence-electron chi connectivity index (χ2n) is 5.58. The molecular formula is C18H17N3O4S2. The first-order valence-electron chi connectivity index (χ1n) is 8.16. The number of carbonyl (C=O) groups is 1. The largest absolute Gasteiger partial charge is 0.379 e. The summed E-state index contributed by atoms with van der Waals surface area (Å²) in [7, 11) is -3.90. The number of carbonyl (C=O) groups excluding carboxylic acids is 1. The van der Waals surface area contributed by atoms with E-state index in [9.17, 15) is 13.2 Å². The molecule has 1 amide bonds. The van der Waals surface area contributed by atoms with Crippen LogP contribution in [-0.2, 0) is 14.9 Å². The van der Waals surface area contributed by atoms with Gasteiger partial charge in [0, 0.05) is 0 Å². The van der Waals surface area contributed by atoms with Crippen LogP contribution in [0.1, 0.15) is 18.9 Å². The molecule has 0 radical (unpaired) electrons. The maximum atomic E-state index is 12.3. The van der Waals surface area contributed by atoms with Crippen LogP contribution >= 0.6 is 11.8 Å². The van der Waals surface area contributed by atoms with Gasteiger partial charge in [0.15, 0.2) is 5.17 Å². The maximum absolute atomic E-state index is 12.3. The first-order valence-corrected chi connectivity index (χ1v) is 10.4. The first-order chi connectivity index (χ1) is 13.0. The number of nitrogens with zero attached hydrogens (tertiary/aromatic N) is 2. The lowest BCUT2D eigenvalue weighted by atomic mass is 10.2. The van der Waals surface area contributed by atoms with Crippen LogP contribution in [0, 0.1) is 0 Å². The molecule has 27 heavy (non-hydrogen) atoms.